The number of ether oxygens (including phenoxy) is 3. The molecule has 0 spiro atoms. The van der Waals surface area contributed by atoms with Gasteiger partial charge >= 0.3 is 17.9 Å². The third kappa shape index (κ3) is 5.72. The molecule has 0 atom stereocenters. The van der Waals surface area contributed by atoms with Crippen molar-refractivity contribution >= 4 is 29.7 Å². The first-order valence-electron chi connectivity index (χ1n) is 9.90. The maximum absolute atomic E-state index is 11.1. The van der Waals surface area contributed by atoms with E-state index in [0.29, 0.717) is 25.7 Å². The lowest BCUT2D eigenvalue weighted by molar-refractivity contribution is -0.161. The predicted octanol–water partition coefficient (Wildman–Crippen LogP) is -0.697. The van der Waals surface area contributed by atoms with Crippen LogP contribution in [0, 0.1) is 16.2 Å². The molecule has 0 aromatic carbocycles. The highest BCUT2D eigenvalue weighted by molar-refractivity contribution is 6.05. The van der Waals surface area contributed by atoms with E-state index < -0.39 is 34.2 Å². The third-order valence-corrected chi connectivity index (χ3v) is 5.76. The Hall–Kier alpha value is -2.69. The molecule has 11 nitrogen and oxygen atoms in total. The van der Waals surface area contributed by atoms with Gasteiger partial charge in [-0.25, -0.2) is 0 Å². The summed E-state index contributed by atoms with van der Waals surface area (Å²) in [5, 5.41) is 13.7. The van der Waals surface area contributed by atoms with Crippen LogP contribution < -0.4 is 10.6 Å². The monoisotopic (exact) mass is 444 g/mol. The van der Waals surface area contributed by atoms with Crippen LogP contribution in [0.2, 0.25) is 0 Å². The molecule has 3 rings (SSSR count). The van der Waals surface area contributed by atoms with E-state index in [1.165, 1.54) is 28.4 Å². The van der Waals surface area contributed by atoms with Crippen LogP contribution in [0.25, 0.3) is 0 Å². The van der Waals surface area contributed by atoms with Crippen molar-refractivity contribution in [2.75, 3.05) is 42.0 Å². The average Bonchev–Trinajstić information content (AvgIpc) is 3.68. The largest absolute Gasteiger partial charge is 0.468 e. The van der Waals surface area contributed by atoms with Gasteiger partial charge in [0.1, 0.15) is 5.41 Å². The first kappa shape index (κ1) is 26.3. The van der Waals surface area contributed by atoms with Gasteiger partial charge in [0.2, 0.25) is 11.8 Å². The van der Waals surface area contributed by atoms with Gasteiger partial charge in [-0.3, -0.25) is 24.0 Å². The number of nitrogens with one attached hydrogen (secondary N) is 2. The summed E-state index contributed by atoms with van der Waals surface area (Å²) in [6, 6.07) is 0. The van der Waals surface area contributed by atoms with Gasteiger partial charge in [-0.2, -0.15) is 0 Å². The van der Waals surface area contributed by atoms with Crippen LogP contribution in [0.1, 0.15) is 38.5 Å². The second kappa shape index (κ2) is 10.6. The highest BCUT2D eigenvalue weighted by atomic mass is 16.5. The van der Waals surface area contributed by atoms with Crippen molar-refractivity contribution in [2.45, 2.75) is 38.5 Å². The summed E-state index contributed by atoms with van der Waals surface area (Å²) >= 11 is 0. The van der Waals surface area contributed by atoms with Crippen molar-refractivity contribution in [3.05, 3.63) is 0 Å². The molecule has 0 bridgehead atoms. The second-order valence-electron chi connectivity index (χ2n) is 7.74. The Morgan fingerprint density at radius 3 is 1.23 bits per heavy atom. The number of rotatable bonds is 6. The molecule has 3 fully saturated rings. The van der Waals surface area contributed by atoms with Crippen LogP contribution in [0.3, 0.4) is 0 Å². The minimum absolute atomic E-state index is 0.00727. The van der Waals surface area contributed by atoms with E-state index in [1.807, 2.05) is 0 Å². The molecule has 0 radical (unpaired) electrons. The molecule has 3 aliphatic rings. The van der Waals surface area contributed by atoms with E-state index in [0.717, 1.165) is 12.8 Å². The molecule has 0 saturated heterocycles. The van der Waals surface area contributed by atoms with Crippen molar-refractivity contribution in [1.82, 2.24) is 10.6 Å². The topological polar surface area (TPSA) is 157 Å². The van der Waals surface area contributed by atoms with Crippen LogP contribution in [0.4, 0.5) is 0 Å². The minimum Gasteiger partial charge on any atom is -0.468 e. The van der Waals surface area contributed by atoms with Crippen molar-refractivity contribution in [2.24, 2.45) is 16.2 Å². The number of carbonyl (C=O) groups excluding carboxylic acids is 5. The van der Waals surface area contributed by atoms with E-state index in [-0.39, 0.29) is 18.4 Å². The maximum atomic E-state index is 11.1. The van der Waals surface area contributed by atoms with E-state index >= 15 is 0 Å². The molecule has 2 amide bonds. The molecule has 176 valence electrons. The van der Waals surface area contributed by atoms with Crippen LogP contribution in [0.5, 0.6) is 0 Å². The molecule has 3 saturated carbocycles. The number of aliphatic hydroxyl groups is 1. The Bertz CT molecular complexity index is 627. The maximum Gasteiger partial charge on any atom is 0.323 e. The fourth-order valence-corrected chi connectivity index (χ4v) is 2.96. The summed E-state index contributed by atoms with van der Waals surface area (Å²) in [5.41, 5.74) is -2.19. The van der Waals surface area contributed by atoms with Crippen LogP contribution in [-0.2, 0) is 38.2 Å². The summed E-state index contributed by atoms with van der Waals surface area (Å²) in [6.07, 6.45) is 3.99. The molecule has 31 heavy (non-hydrogen) atoms. The zero-order valence-electron chi connectivity index (χ0n) is 18.7. The normalized spacial score (nSPS) is 19.4. The lowest BCUT2D eigenvalue weighted by atomic mass is 10.1. The number of hydrogen-bond acceptors (Lipinski definition) is 9. The molecule has 0 aromatic heterocycles. The van der Waals surface area contributed by atoms with Crippen molar-refractivity contribution in [1.29, 1.82) is 0 Å². The number of methoxy groups -OCH3 is 3. The van der Waals surface area contributed by atoms with Crippen LogP contribution in [-0.4, -0.2) is 76.9 Å². The quantitative estimate of drug-likeness (QED) is 0.274. The van der Waals surface area contributed by atoms with Crippen molar-refractivity contribution in [3.63, 3.8) is 0 Å². The summed E-state index contributed by atoms with van der Waals surface area (Å²) < 4.78 is 13.4. The lowest BCUT2D eigenvalue weighted by Gasteiger charge is -2.09. The number of aliphatic hydroxyl groups excluding tert-OH is 1. The molecule has 0 unspecified atom stereocenters. The summed E-state index contributed by atoms with van der Waals surface area (Å²) in [5.74, 6) is -1.64. The Labute approximate surface area is 181 Å². The van der Waals surface area contributed by atoms with Gasteiger partial charge in [0, 0.05) is 14.1 Å². The van der Waals surface area contributed by atoms with Gasteiger partial charge < -0.3 is 30.0 Å². The van der Waals surface area contributed by atoms with Crippen molar-refractivity contribution < 1.29 is 43.3 Å². The Morgan fingerprint density at radius 1 is 0.677 bits per heavy atom. The summed E-state index contributed by atoms with van der Waals surface area (Å²) in [4.78, 5) is 54.9. The number of carbonyl (C=O) groups is 5. The summed E-state index contributed by atoms with van der Waals surface area (Å²) in [7, 11) is 6.95. The Balaban J connectivity index is 0.000000234. The predicted molar refractivity (Wildman–Crippen MR) is 106 cm³/mol. The highest BCUT2D eigenvalue weighted by Crippen LogP contribution is 2.48. The van der Waals surface area contributed by atoms with E-state index in [2.05, 4.69) is 24.8 Å². The van der Waals surface area contributed by atoms with Gasteiger partial charge in [-0.05, 0) is 38.5 Å². The SMILES string of the molecule is CNC(=O)C1(C(=O)OC)CC1.CNC(=O)C1(CO)CC1.COC(=O)C1(C(=O)OC)CC1. The number of esters is 3. The van der Waals surface area contributed by atoms with Crippen LogP contribution in [0.15, 0.2) is 0 Å². The highest BCUT2D eigenvalue weighted by Gasteiger charge is 2.59. The zero-order chi connectivity index (χ0) is 23.9. The zero-order valence-corrected chi connectivity index (χ0v) is 18.7. The minimum atomic E-state index is -0.955. The first-order chi connectivity index (χ1) is 14.6. The molecular weight excluding hydrogens is 412 g/mol. The van der Waals surface area contributed by atoms with Gasteiger partial charge in [0.05, 0.1) is 33.4 Å². The molecule has 0 aromatic rings. The number of amides is 2. The molecule has 0 heterocycles. The summed E-state index contributed by atoms with van der Waals surface area (Å²) in [6.45, 7) is -0.00727. The van der Waals surface area contributed by atoms with Gasteiger partial charge in [0.15, 0.2) is 5.41 Å². The molecule has 3 N–H and O–H groups in total. The van der Waals surface area contributed by atoms with E-state index in [4.69, 9.17) is 5.11 Å². The van der Waals surface area contributed by atoms with Gasteiger partial charge in [0.25, 0.3) is 0 Å². The first-order valence-corrected chi connectivity index (χ1v) is 9.90. The van der Waals surface area contributed by atoms with E-state index in [1.54, 1.807) is 7.05 Å². The number of hydrogen-bond donors (Lipinski definition) is 3. The lowest BCUT2D eigenvalue weighted by Crippen LogP contribution is -2.35. The molecule has 0 aliphatic heterocycles. The molecular formula is C20H32N2O9. The van der Waals surface area contributed by atoms with Gasteiger partial charge in [-0.15, -0.1) is 0 Å². The smallest absolute Gasteiger partial charge is 0.323 e. The van der Waals surface area contributed by atoms with Crippen molar-refractivity contribution in [3.8, 4) is 0 Å². The molecule has 3 aliphatic carbocycles. The molecule has 11 heteroatoms. The fourth-order valence-electron chi connectivity index (χ4n) is 2.96. The Kier molecular flexibility index (Phi) is 8.97. The standard InChI is InChI=1S/C7H11NO3.C7H10O4.C6H11NO2/c1-8-5(9)7(3-4-7)6(10)11-2;1-10-5(8)7(3-4-7)6(9)11-2;1-7-5(9)6(4-8)2-3-6/h3-4H2,1-2H3,(H,8,9);3-4H2,1-2H3;8H,2-4H2,1H3,(H,7,9). The second-order valence-corrected chi connectivity index (χ2v) is 7.74. The average molecular weight is 444 g/mol. The fraction of sp³-hybridized carbons (Fsp3) is 0.750. The van der Waals surface area contributed by atoms with E-state index in [9.17, 15) is 24.0 Å². The Morgan fingerprint density at radius 2 is 1.03 bits per heavy atom. The third-order valence-electron chi connectivity index (χ3n) is 5.76. The van der Waals surface area contributed by atoms with Gasteiger partial charge in [-0.1, -0.05) is 0 Å². The van der Waals surface area contributed by atoms with Crippen LogP contribution >= 0.6 is 0 Å².